The first-order chi connectivity index (χ1) is 13.5. The third-order valence-corrected chi connectivity index (χ3v) is 3.82. The predicted octanol–water partition coefficient (Wildman–Crippen LogP) is 3.18. The van der Waals surface area contributed by atoms with Crippen LogP contribution in [0.15, 0.2) is 49.1 Å². The van der Waals surface area contributed by atoms with Gasteiger partial charge in [-0.05, 0) is 36.8 Å². The van der Waals surface area contributed by atoms with Crippen molar-refractivity contribution in [3.8, 4) is 22.3 Å². The number of nitrogens with zero attached hydrogens (tertiary/aromatic N) is 3. The average molecular weight is 381 g/mol. The normalized spacial score (nSPS) is 10.4. The Morgan fingerprint density at radius 3 is 2.54 bits per heavy atom. The van der Waals surface area contributed by atoms with E-state index in [4.69, 9.17) is 0 Å². The molecule has 2 amide bonds. The minimum absolute atomic E-state index is 0.0187. The van der Waals surface area contributed by atoms with Gasteiger partial charge < -0.3 is 10.4 Å². The van der Waals surface area contributed by atoms with E-state index in [1.54, 1.807) is 13.0 Å². The molecule has 0 aromatic carbocycles. The maximum atomic E-state index is 13.2. The molecule has 0 bridgehead atoms. The van der Waals surface area contributed by atoms with Crippen LogP contribution >= 0.6 is 0 Å². The highest BCUT2D eigenvalue weighted by molar-refractivity contribution is 5.93. The quantitative estimate of drug-likeness (QED) is 0.585. The number of pyridine rings is 3. The fraction of sp³-hybridized carbons (Fsp3) is 0.105. The number of halogens is 1. The van der Waals surface area contributed by atoms with E-state index in [0.29, 0.717) is 28.8 Å². The van der Waals surface area contributed by atoms with Crippen molar-refractivity contribution in [2.24, 2.45) is 0 Å². The Bertz CT molecular complexity index is 1020. The molecule has 0 radical (unpaired) electrons. The molecule has 3 heterocycles. The van der Waals surface area contributed by atoms with E-state index in [2.05, 4.69) is 25.6 Å². The van der Waals surface area contributed by atoms with Crippen molar-refractivity contribution in [3.05, 3.63) is 60.6 Å². The van der Waals surface area contributed by atoms with E-state index in [-0.39, 0.29) is 11.4 Å². The van der Waals surface area contributed by atoms with E-state index in [0.717, 1.165) is 0 Å². The number of aromatic nitrogens is 3. The highest BCUT2D eigenvalue weighted by Gasteiger charge is 2.14. The van der Waals surface area contributed by atoms with Gasteiger partial charge in [0.15, 0.2) is 0 Å². The lowest BCUT2D eigenvalue weighted by Gasteiger charge is -2.13. The lowest BCUT2D eigenvalue weighted by molar-refractivity contribution is 0.0696. The van der Waals surface area contributed by atoms with Gasteiger partial charge in [0.05, 0.1) is 5.56 Å². The molecule has 0 unspecified atom stereocenters. The minimum Gasteiger partial charge on any atom is -0.478 e. The molecule has 3 N–H and O–H groups in total. The zero-order valence-electron chi connectivity index (χ0n) is 14.8. The second-order valence-corrected chi connectivity index (χ2v) is 5.74. The number of carbonyl (C=O) groups is 2. The van der Waals surface area contributed by atoms with Crippen molar-refractivity contribution in [2.75, 3.05) is 11.9 Å². The highest BCUT2D eigenvalue weighted by Crippen LogP contribution is 2.33. The van der Waals surface area contributed by atoms with Crippen molar-refractivity contribution in [3.63, 3.8) is 0 Å². The summed E-state index contributed by atoms with van der Waals surface area (Å²) in [5.41, 5.74) is 2.24. The highest BCUT2D eigenvalue weighted by atomic mass is 19.1. The minimum atomic E-state index is -1.11. The molecule has 0 saturated heterocycles. The molecule has 3 aromatic heterocycles. The molecular weight excluding hydrogens is 365 g/mol. The van der Waals surface area contributed by atoms with Crippen LogP contribution in [0.3, 0.4) is 0 Å². The van der Waals surface area contributed by atoms with Crippen molar-refractivity contribution in [1.29, 1.82) is 0 Å². The largest absolute Gasteiger partial charge is 0.478 e. The van der Waals surface area contributed by atoms with Gasteiger partial charge in [0.2, 0.25) is 5.95 Å². The first-order valence-corrected chi connectivity index (χ1v) is 8.33. The number of amides is 2. The molecule has 9 heteroatoms. The summed E-state index contributed by atoms with van der Waals surface area (Å²) in [5, 5.41) is 14.4. The first-order valence-electron chi connectivity index (χ1n) is 8.33. The summed E-state index contributed by atoms with van der Waals surface area (Å²) >= 11 is 0. The summed E-state index contributed by atoms with van der Waals surface area (Å²) in [6.45, 7) is 2.24. The van der Waals surface area contributed by atoms with Crippen LogP contribution in [0.4, 0.5) is 15.0 Å². The van der Waals surface area contributed by atoms with Crippen LogP contribution < -0.4 is 10.6 Å². The topological polar surface area (TPSA) is 117 Å². The van der Waals surface area contributed by atoms with E-state index in [9.17, 15) is 19.1 Å². The second-order valence-electron chi connectivity index (χ2n) is 5.74. The summed E-state index contributed by atoms with van der Waals surface area (Å²) in [6.07, 6.45) is 5.58. The van der Waals surface area contributed by atoms with Gasteiger partial charge in [-0.1, -0.05) is 0 Å². The number of carbonyl (C=O) groups excluding carboxylic acids is 1. The Hall–Kier alpha value is -3.88. The molecule has 8 nitrogen and oxygen atoms in total. The summed E-state index contributed by atoms with van der Waals surface area (Å²) < 4.78 is 13.2. The number of rotatable bonds is 5. The monoisotopic (exact) mass is 381 g/mol. The van der Waals surface area contributed by atoms with E-state index >= 15 is 0 Å². The van der Waals surface area contributed by atoms with Crippen molar-refractivity contribution < 1.29 is 19.1 Å². The van der Waals surface area contributed by atoms with E-state index in [1.807, 2.05) is 0 Å². The first kappa shape index (κ1) is 18.9. The number of hydrogen-bond acceptors (Lipinski definition) is 5. The fourth-order valence-corrected chi connectivity index (χ4v) is 2.55. The fourth-order valence-electron chi connectivity index (χ4n) is 2.55. The van der Waals surface area contributed by atoms with Crippen LogP contribution in [0, 0.1) is 5.95 Å². The van der Waals surface area contributed by atoms with Gasteiger partial charge in [-0.2, -0.15) is 4.39 Å². The smallest absolute Gasteiger partial charge is 0.337 e. The van der Waals surface area contributed by atoms with Crippen LogP contribution in [-0.4, -0.2) is 38.6 Å². The summed E-state index contributed by atoms with van der Waals surface area (Å²) in [4.78, 5) is 34.9. The third kappa shape index (κ3) is 4.26. The van der Waals surface area contributed by atoms with Crippen LogP contribution in [0.5, 0.6) is 0 Å². The maximum absolute atomic E-state index is 13.2. The molecule has 0 aliphatic carbocycles. The molecular formula is C19H16FN5O3. The molecule has 28 heavy (non-hydrogen) atoms. The molecule has 142 valence electrons. The number of anilines is 1. The number of nitrogens with one attached hydrogen (secondary N) is 2. The zero-order chi connectivity index (χ0) is 20.1. The van der Waals surface area contributed by atoms with Gasteiger partial charge >= 0.3 is 12.0 Å². The number of urea groups is 1. The van der Waals surface area contributed by atoms with Gasteiger partial charge in [0.1, 0.15) is 5.82 Å². The zero-order valence-corrected chi connectivity index (χ0v) is 14.8. The van der Waals surface area contributed by atoms with Gasteiger partial charge in [-0.25, -0.2) is 19.6 Å². The molecule has 0 spiro atoms. The summed E-state index contributed by atoms with van der Waals surface area (Å²) in [7, 11) is 0. The molecule has 0 atom stereocenters. The molecule has 0 fully saturated rings. The Morgan fingerprint density at radius 2 is 1.86 bits per heavy atom. The average Bonchev–Trinajstić information content (AvgIpc) is 2.69. The second kappa shape index (κ2) is 8.21. The lowest BCUT2D eigenvalue weighted by atomic mass is 9.97. The standard InChI is InChI=1S/C19H16FN5O3/c1-2-22-19(28)25-17-6-14(11-3-4-16(20)23-9-11)15(10-24-17)12-5-13(18(26)27)8-21-7-12/h3-10H,2H2,1H3,(H,26,27)(H2,22,24,25,28). The van der Waals surface area contributed by atoms with E-state index < -0.39 is 17.9 Å². The number of aromatic carboxylic acids is 1. The van der Waals surface area contributed by atoms with Gasteiger partial charge in [0, 0.05) is 48.0 Å². The van der Waals surface area contributed by atoms with Crippen molar-refractivity contribution >= 4 is 17.8 Å². The molecule has 0 aliphatic rings. The third-order valence-electron chi connectivity index (χ3n) is 3.82. The number of carboxylic acid groups (broad SMARTS) is 1. The van der Waals surface area contributed by atoms with Gasteiger partial charge in [0.25, 0.3) is 0 Å². The van der Waals surface area contributed by atoms with E-state index in [1.165, 1.54) is 43.0 Å². The predicted molar refractivity (Wildman–Crippen MR) is 100 cm³/mol. The van der Waals surface area contributed by atoms with Crippen LogP contribution in [-0.2, 0) is 0 Å². The van der Waals surface area contributed by atoms with Crippen molar-refractivity contribution in [2.45, 2.75) is 6.92 Å². The van der Waals surface area contributed by atoms with Gasteiger partial charge in [-0.3, -0.25) is 10.3 Å². The van der Waals surface area contributed by atoms with Crippen LogP contribution in [0.25, 0.3) is 22.3 Å². The van der Waals surface area contributed by atoms with Crippen LogP contribution in [0.1, 0.15) is 17.3 Å². The van der Waals surface area contributed by atoms with Crippen LogP contribution in [0.2, 0.25) is 0 Å². The Labute approximate surface area is 159 Å². The SMILES string of the molecule is CCNC(=O)Nc1cc(-c2ccc(F)nc2)c(-c2cncc(C(=O)O)c2)cn1. The van der Waals surface area contributed by atoms with Crippen molar-refractivity contribution in [1.82, 2.24) is 20.3 Å². The molecule has 0 aliphatic heterocycles. The molecule has 0 saturated carbocycles. The van der Waals surface area contributed by atoms with Gasteiger partial charge in [-0.15, -0.1) is 0 Å². The Kier molecular flexibility index (Phi) is 5.54. The molecule has 3 aromatic rings. The number of carboxylic acids is 1. The molecule has 3 rings (SSSR count). The summed E-state index contributed by atoms with van der Waals surface area (Å²) in [6, 6.07) is 5.39. The lowest BCUT2D eigenvalue weighted by Crippen LogP contribution is -2.28. The Balaban J connectivity index is 2.10. The maximum Gasteiger partial charge on any atom is 0.337 e. The number of hydrogen-bond donors (Lipinski definition) is 3. The Morgan fingerprint density at radius 1 is 1.04 bits per heavy atom. The summed E-state index contributed by atoms with van der Waals surface area (Å²) in [5.74, 6) is -1.47.